The third-order valence-corrected chi connectivity index (χ3v) is 4.65. The molecule has 1 N–H and O–H groups in total. The highest BCUT2D eigenvalue weighted by molar-refractivity contribution is 5.77. The SMILES string of the molecule is c1ccc(-c2ccccc2NC2CCN(C3CC3)C2)cc1. The Morgan fingerprint density at radius 3 is 2.43 bits per heavy atom. The van der Waals surface area contributed by atoms with Crippen LogP contribution in [0.1, 0.15) is 19.3 Å². The first-order chi connectivity index (χ1) is 10.4. The number of nitrogens with one attached hydrogen (secondary N) is 1. The second kappa shape index (κ2) is 5.53. The van der Waals surface area contributed by atoms with E-state index in [1.54, 1.807) is 0 Å². The number of likely N-dealkylation sites (tertiary alicyclic amines) is 1. The van der Waals surface area contributed by atoms with Crippen molar-refractivity contribution < 1.29 is 0 Å². The normalized spacial score (nSPS) is 22.4. The summed E-state index contributed by atoms with van der Waals surface area (Å²) in [7, 11) is 0. The van der Waals surface area contributed by atoms with Crippen molar-refractivity contribution in [3.8, 4) is 11.1 Å². The molecule has 1 saturated carbocycles. The number of para-hydroxylation sites is 1. The Balaban J connectivity index is 1.53. The number of rotatable bonds is 4. The molecule has 2 aromatic rings. The van der Waals surface area contributed by atoms with E-state index in [9.17, 15) is 0 Å². The number of hydrogen-bond donors (Lipinski definition) is 1. The van der Waals surface area contributed by atoms with Crippen LogP contribution in [-0.4, -0.2) is 30.1 Å². The molecule has 0 radical (unpaired) electrons. The number of benzene rings is 2. The highest BCUT2D eigenvalue weighted by atomic mass is 15.2. The summed E-state index contributed by atoms with van der Waals surface area (Å²) in [6.07, 6.45) is 4.08. The zero-order valence-corrected chi connectivity index (χ0v) is 12.3. The number of hydrogen-bond acceptors (Lipinski definition) is 2. The zero-order valence-electron chi connectivity index (χ0n) is 12.3. The lowest BCUT2D eigenvalue weighted by atomic mass is 10.0. The maximum atomic E-state index is 3.78. The Labute approximate surface area is 126 Å². The van der Waals surface area contributed by atoms with E-state index in [2.05, 4.69) is 64.8 Å². The van der Waals surface area contributed by atoms with Gasteiger partial charge in [0.2, 0.25) is 0 Å². The molecule has 2 heteroatoms. The molecule has 1 aliphatic heterocycles. The van der Waals surface area contributed by atoms with Gasteiger partial charge in [0.05, 0.1) is 0 Å². The van der Waals surface area contributed by atoms with Crippen LogP contribution in [0.5, 0.6) is 0 Å². The Kier molecular flexibility index (Phi) is 3.40. The van der Waals surface area contributed by atoms with Gasteiger partial charge in [0, 0.05) is 36.4 Å². The van der Waals surface area contributed by atoms with Crippen LogP contribution >= 0.6 is 0 Å². The van der Waals surface area contributed by atoms with Crippen LogP contribution in [0, 0.1) is 0 Å². The van der Waals surface area contributed by atoms with Gasteiger partial charge in [-0.15, -0.1) is 0 Å². The summed E-state index contributed by atoms with van der Waals surface area (Å²) in [4.78, 5) is 2.66. The van der Waals surface area contributed by atoms with Gasteiger partial charge in [-0.2, -0.15) is 0 Å². The highest BCUT2D eigenvalue weighted by Gasteiger charge is 2.34. The van der Waals surface area contributed by atoms with Crippen molar-refractivity contribution in [2.24, 2.45) is 0 Å². The van der Waals surface area contributed by atoms with E-state index in [1.165, 1.54) is 49.2 Å². The summed E-state index contributed by atoms with van der Waals surface area (Å²) >= 11 is 0. The minimum atomic E-state index is 0.593. The molecular weight excluding hydrogens is 256 g/mol. The molecule has 2 nitrogen and oxygen atoms in total. The van der Waals surface area contributed by atoms with Gasteiger partial charge < -0.3 is 5.32 Å². The topological polar surface area (TPSA) is 15.3 Å². The molecule has 1 atom stereocenters. The molecule has 2 aromatic carbocycles. The van der Waals surface area contributed by atoms with E-state index < -0.39 is 0 Å². The van der Waals surface area contributed by atoms with Gasteiger partial charge in [-0.1, -0.05) is 48.5 Å². The van der Waals surface area contributed by atoms with Crippen LogP contribution in [0.3, 0.4) is 0 Å². The van der Waals surface area contributed by atoms with Gasteiger partial charge in [0.25, 0.3) is 0 Å². The summed E-state index contributed by atoms with van der Waals surface area (Å²) in [5.74, 6) is 0. The van der Waals surface area contributed by atoms with E-state index in [1.807, 2.05) is 0 Å². The molecule has 2 fully saturated rings. The van der Waals surface area contributed by atoms with Crippen LogP contribution < -0.4 is 5.32 Å². The lowest BCUT2D eigenvalue weighted by Crippen LogP contribution is -2.27. The van der Waals surface area contributed by atoms with Gasteiger partial charge in [-0.25, -0.2) is 0 Å². The van der Waals surface area contributed by atoms with Crippen LogP contribution in [0.4, 0.5) is 5.69 Å². The lowest BCUT2D eigenvalue weighted by Gasteiger charge is -2.19. The van der Waals surface area contributed by atoms with E-state index in [4.69, 9.17) is 0 Å². The Morgan fingerprint density at radius 2 is 1.62 bits per heavy atom. The smallest absolute Gasteiger partial charge is 0.0422 e. The molecule has 0 spiro atoms. The highest BCUT2D eigenvalue weighted by Crippen LogP contribution is 2.32. The second-order valence-electron chi connectivity index (χ2n) is 6.27. The lowest BCUT2D eigenvalue weighted by molar-refractivity contribution is 0.326. The standard InChI is InChI=1S/C19H22N2/c1-2-6-15(7-3-1)18-8-4-5-9-19(18)20-16-12-13-21(14-16)17-10-11-17/h1-9,16-17,20H,10-14H2. The minimum Gasteiger partial charge on any atom is -0.380 e. The number of anilines is 1. The largest absolute Gasteiger partial charge is 0.380 e. The molecular formula is C19H22N2. The monoisotopic (exact) mass is 278 g/mol. The van der Waals surface area contributed by atoms with Crippen LogP contribution in [0.2, 0.25) is 0 Å². The fourth-order valence-electron chi connectivity index (χ4n) is 3.37. The third-order valence-electron chi connectivity index (χ3n) is 4.65. The van der Waals surface area contributed by atoms with Crippen molar-refractivity contribution in [2.45, 2.75) is 31.3 Å². The predicted octanol–water partition coefficient (Wildman–Crippen LogP) is 4.00. The minimum absolute atomic E-state index is 0.593. The van der Waals surface area contributed by atoms with Crippen molar-refractivity contribution in [3.63, 3.8) is 0 Å². The summed E-state index contributed by atoms with van der Waals surface area (Å²) in [6, 6.07) is 20.8. The van der Waals surface area contributed by atoms with E-state index >= 15 is 0 Å². The van der Waals surface area contributed by atoms with Crippen molar-refractivity contribution in [2.75, 3.05) is 18.4 Å². The first-order valence-corrected chi connectivity index (χ1v) is 8.05. The van der Waals surface area contributed by atoms with Crippen molar-refractivity contribution >= 4 is 5.69 Å². The summed E-state index contributed by atoms with van der Waals surface area (Å²) < 4.78 is 0. The van der Waals surface area contributed by atoms with Gasteiger partial charge in [-0.3, -0.25) is 4.90 Å². The Hall–Kier alpha value is -1.80. The fraction of sp³-hybridized carbons (Fsp3) is 0.368. The number of nitrogens with zero attached hydrogens (tertiary/aromatic N) is 1. The molecule has 1 heterocycles. The van der Waals surface area contributed by atoms with E-state index in [0.717, 1.165) is 6.04 Å². The molecule has 4 rings (SSSR count). The average Bonchev–Trinajstić information content (AvgIpc) is 3.29. The van der Waals surface area contributed by atoms with Crippen molar-refractivity contribution in [1.82, 2.24) is 4.90 Å². The van der Waals surface area contributed by atoms with E-state index in [-0.39, 0.29) is 0 Å². The molecule has 108 valence electrons. The first-order valence-electron chi connectivity index (χ1n) is 8.05. The average molecular weight is 278 g/mol. The van der Waals surface area contributed by atoms with Crippen molar-refractivity contribution in [1.29, 1.82) is 0 Å². The molecule has 1 saturated heterocycles. The Morgan fingerprint density at radius 1 is 0.857 bits per heavy atom. The van der Waals surface area contributed by atoms with Gasteiger partial charge in [-0.05, 0) is 30.9 Å². The Bertz CT molecular complexity index is 604. The predicted molar refractivity (Wildman–Crippen MR) is 88.5 cm³/mol. The van der Waals surface area contributed by atoms with Gasteiger partial charge in [0.15, 0.2) is 0 Å². The quantitative estimate of drug-likeness (QED) is 0.909. The third kappa shape index (κ3) is 2.81. The van der Waals surface area contributed by atoms with Crippen LogP contribution in [-0.2, 0) is 0 Å². The van der Waals surface area contributed by atoms with Crippen LogP contribution in [0.25, 0.3) is 11.1 Å². The van der Waals surface area contributed by atoms with Gasteiger partial charge in [0.1, 0.15) is 0 Å². The summed E-state index contributed by atoms with van der Waals surface area (Å²) in [5, 5.41) is 3.78. The zero-order chi connectivity index (χ0) is 14.1. The molecule has 2 aliphatic rings. The van der Waals surface area contributed by atoms with Crippen molar-refractivity contribution in [3.05, 3.63) is 54.6 Å². The summed E-state index contributed by atoms with van der Waals surface area (Å²) in [5.41, 5.74) is 3.87. The molecule has 0 amide bonds. The second-order valence-corrected chi connectivity index (χ2v) is 6.27. The van der Waals surface area contributed by atoms with E-state index in [0.29, 0.717) is 6.04 Å². The maximum Gasteiger partial charge on any atom is 0.0422 e. The molecule has 0 aromatic heterocycles. The van der Waals surface area contributed by atoms with Crippen LogP contribution in [0.15, 0.2) is 54.6 Å². The molecule has 1 aliphatic carbocycles. The summed E-state index contributed by atoms with van der Waals surface area (Å²) in [6.45, 7) is 2.46. The molecule has 1 unspecified atom stereocenters. The molecule has 0 bridgehead atoms. The maximum absolute atomic E-state index is 3.78. The van der Waals surface area contributed by atoms with Gasteiger partial charge >= 0.3 is 0 Å². The first kappa shape index (κ1) is 12.9. The fourth-order valence-corrected chi connectivity index (χ4v) is 3.37. The molecule has 21 heavy (non-hydrogen) atoms.